The molecule has 0 aromatic heterocycles. The molecule has 0 unspecified atom stereocenters. The summed E-state index contributed by atoms with van der Waals surface area (Å²) in [5, 5.41) is 27.3. The summed E-state index contributed by atoms with van der Waals surface area (Å²) in [5.74, 6) is 0. The number of hydrogen-bond donors (Lipinski definition) is 3. The predicted octanol–water partition coefficient (Wildman–Crippen LogP) is -1.89. The van der Waals surface area contributed by atoms with E-state index in [-0.39, 0.29) is 13.2 Å². The molecule has 0 bridgehead atoms. The molecule has 0 spiro atoms. The summed E-state index contributed by atoms with van der Waals surface area (Å²) in [4.78, 5) is 0. The summed E-state index contributed by atoms with van der Waals surface area (Å²) in [6, 6.07) is 0. The summed E-state index contributed by atoms with van der Waals surface area (Å²) in [5.41, 5.74) is 0. The van der Waals surface area contributed by atoms with E-state index in [1.807, 2.05) is 0 Å². The van der Waals surface area contributed by atoms with E-state index in [0.29, 0.717) is 0 Å². The third-order valence-corrected chi connectivity index (χ3v) is 1.97. The zero-order valence-electron chi connectivity index (χ0n) is 6.88. The second-order valence-electron chi connectivity index (χ2n) is 2.83. The van der Waals surface area contributed by atoms with Gasteiger partial charge in [0.25, 0.3) is 0 Å². The van der Waals surface area contributed by atoms with Gasteiger partial charge >= 0.3 is 0 Å². The second-order valence-corrected chi connectivity index (χ2v) is 2.83. The normalized spacial score (nSPS) is 42.0. The van der Waals surface area contributed by atoms with E-state index in [1.54, 1.807) is 0 Å². The van der Waals surface area contributed by atoms with E-state index in [0.717, 1.165) is 0 Å². The van der Waals surface area contributed by atoms with E-state index in [1.165, 1.54) is 7.11 Å². The number of aliphatic hydroxyl groups excluding tert-OH is 3. The van der Waals surface area contributed by atoms with Crippen molar-refractivity contribution in [3.8, 4) is 0 Å². The largest absolute Gasteiger partial charge is 0.394 e. The molecule has 1 rings (SSSR count). The number of hydrogen-bond acceptors (Lipinski definition) is 5. The molecule has 0 radical (unpaired) electrons. The van der Waals surface area contributed by atoms with E-state index in [9.17, 15) is 10.2 Å². The molecule has 1 saturated heterocycles. The summed E-state index contributed by atoms with van der Waals surface area (Å²) in [6.45, 7) is -0.0762. The molecular formula is C7H14O5. The van der Waals surface area contributed by atoms with Crippen molar-refractivity contribution in [2.24, 2.45) is 0 Å². The Bertz CT molecular complexity index is 140. The lowest BCUT2D eigenvalue weighted by Crippen LogP contribution is -2.35. The molecule has 0 amide bonds. The lowest BCUT2D eigenvalue weighted by molar-refractivity contribution is -0.0473. The molecule has 1 aliphatic heterocycles. The molecule has 3 N–H and O–H groups in total. The Balaban J connectivity index is 2.48. The smallest absolute Gasteiger partial charge is 0.111 e. The molecule has 1 heterocycles. The van der Waals surface area contributed by atoms with Gasteiger partial charge in [0.2, 0.25) is 0 Å². The van der Waals surface area contributed by atoms with Gasteiger partial charge in [-0.1, -0.05) is 0 Å². The van der Waals surface area contributed by atoms with Crippen LogP contribution in [0.1, 0.15) is 0 Å². The number of ether oxygens (including phenoxy) is 2. The molecule has 0 aliphatic carbocycles. The second kappa shape index (κ2) is 4.15. The molecule has 4 atom stereocenters. The molecule has 0 aromatic rings. The fraction of sp³-hybridized carbons (Fsp3) is 1.00. The highest BCUT2D eigenvalue weighted by Crippen LogP contribution is 2.20. The molecule has 72 valence electrons. The van der Waals surface area contributed by atoms with Crippen molar-refractivity contribution in [2.45, 2.75) is 24.4 Å². The van der Waals surface area contributed by atoms with Crippen molar-refractivity contribution < 1.29 is 24.8 Å². The Morgan fingerprint density at radius 2 is 1.83 bits per heavy atom. The van der Waals surface area contributed by atoms with Gasteiger partial charge in [0, 0.05) is 7.11 Å². The molecular weight excluding hydrogens is 164 g/mol. The van der Waals surface area contributed by atoms with Gasteiger partial charge in [0.15, 0.2) is 0 Å². The van der Waals surface area contributed by atoms with Crippen LogP contribution >= 0.6 is 0 Å². The van der Waals surface area contributed by atoms with Crippen LogP contribution in [0.5, 0.6) is 0 Å². The van der Waals surface area contributed by atoms with Crippen LogP contribution in [0.25, 0.3) is 0 Å². The molecule has 1 fully saturated rings. The summed E-state index contributed by atoms with van der Waals surface area (Å²) in [7, 11) is 1.48. The molecule has 12 heavy (non-hydrogen) atoms. The van der Waals surface area contributed by atoms with Crippen molar-refractivity contribution in [3.63, 3.8) is 0 Å². The zero-order chi connectivity index (χ0) is 9.14. The fourth-order valence-electron chi connectivity index (χ4n) is 1.28. The van der Waals surface area contributed by atoms with Crippen LogP contribution in [-0.2, 0) is 9.47 Å². The first-order valence-corrected chi connectivity index (χ1v) is 3.82. The number of methoxy groups -OCH3 is 1. The molecule has 5 heteroatoms. The maximum absolute atomic E-state index is 9.32. The van der Waals surface area contributed by atoms with Crippen molar-refractivity contribution in [1.82, 2.24) is 0 Å². The Morgan fingerprint density at radius 3 is 2.25 bits per heavy atom. The van der Waals surface area contributed by atoms with E-state index in [4.69, 9.17) is 14.6 Å². The van der Waals surface area contributed by atoms with Crippen molar-refractivity contribution in [1.29, 1.82) is 0 Å². The fourth-order valence-corrected chi connectivity index (χ4v) is 1.28. The maximum Gasteiger partial charge on any atom is 0.111 e. The van der Waals surface area contributed by atoms with Crippen LogP contribution < -0.4 is 0 Å². The summed E-state index contributed by atoms with van der Waals surface area (Å²) >= 11 is 0. The standard InChI is InChI=1S/C7H14O5/c1-11-3-5-7(10)6(9)4(2-8)12-5/h4-10H,2-3H2,1H3/t4-,5+,6-,7+/m1/s1. The van der Waals surface area contributed by atoms with Crippen LogP contribution in [0, 0.1) is 0 Å². The van der Waals surface area contributed by atoms with Crippen LogP contribution in [0.4, 0.5) is 0 Å². The van der Waals surface area contributed by atoms with Crippen molar-refractivity contribution >= 4 is 0 Å². The quantitative estimate of drug-likeness (QED) is 0.471. The first kappa shape index (κ1) is 9.88. The Labute approximate surface area is 70.5 Å². The highest BCUT2D eigenvalue weighted by molar-refractivity contribution is 4.89. The lowest BCUT2D eigenvalue weighted by Gasteiger charge is -2.12. The van der Waals surface area contributed by atoms with Gasteiger partial charge in [-0.05, 0) is 0 Å². The topological polar surface area (TPSA) is 79.2 Å². The van der Waals surface area contributed by atoms with E-state index >= 15 is 0 Å². The third-order valence-electron chi connectivity index (χ3n) is 1.97. The number of aliphatic hydroxyl groups is 3. The van der Waals surface area contributed by atoms with Gasteiger partial charge in [-0.2, -0.15) is 0 Å². The molecule has 5 nitrogen and oxygen atoms in total. The highest BCUT2D eigenvalue weighted by Gasteiger charge is 2.41. The van der Waals surface area contributed by atoms with Gasteiger partial charge in [0.1, 0.15) is 24.4 Å². The number of rotatable bonds is 3. The van der Waals surface area contributed by atoms with Gasteiger partial charge < -0.3 is 24.8 Å². The molecule has 0 aromatic carbocycles. The maximum atomic E-state index is 9.32. The monoisotopic (exact) mass is 178 g/mol. The van der Waals surface area contributed by atoms with E-state index in [2.05, 4.69) is 0 Å². The first-order valence-electron chi connectivity index (χ1n) is 3.82. The summed E-state index contributed by atoms with van der Waals surface area (Å²) in [6.07, 6.45) is -3.22. The van der Waals surface area contributed by atoms with E-state index < -0.39 is 24.4 Å². The Morgan fingerprint density at radius 1 is 1.25 bits per heavy atom. The SMILES string of the molecule is COC[C@@H]1O[C@H](CO)[C@@H](O)[C@H]1O. The average Bonchev–Trinajstić information content (AvgIpc) is 2.33. The van der Waals surface area contributed by atoms with Gasteiger partial charge in [0.05, 0.1) is 13.2 Å². The lowest BCUT2D eigenvalue weighted by atomic mass is 10.1. The van der Waals surface area contributed by atoms with Gasteiger partial charge in [-0.25, -0.2) is 0 Å². The third kappa shape index (κ3) is 1.75. The minimum absolute atomic E-state index is 0.217. The minimum Gasteiger partial charge on any atom is -0.394 e. The molecule has 0 saturated carbocycles. The van der Waals surface area contributed by atoms with Crippen LogP contribution in [0.3, 0.4) is 0 Å². The average molecular weight is 178 g/mol. The van der Waals surface area contributed by atoms with Gasteiger partial charge in [-0.3, -0.25) is 0 Å². The first-order chi connectivity index (χ1) is 5.70. The van der Waals surface area contributed by atoms with Crippen molar-refractivity contribution in [3.05, 3.63) is 0 Å². The predicted molar refractivity (Wildman–Crippen MR) is 39.6 cm³/mol. The van der Waals surface area contributed by atoms with Crippen molar-refractivity contribution in [2.75, 3.05) is 20.3 Å². The minimum atomic E-state index is -1.02. The Hall–Kier alpha value is -0.200. The Kier molecular flexibility index (Phi) is 3.42. The van der Waals surface area contributed by atoms with Crippen LogP contribution in [0.2, 0.25) is 0 Å². The van der Waals surface area contributed by atoms with Gasteiger partial charge in [-0.15, -0.1) is 0 Å². The van der Waals surface area contributed by atoms with Crippen LogP contribution in [0.15, 0.2) is 0 Å². The zero-order valence-corrected chi connectivity index (χ0v) is 6.88. The highest BCUT2D eigenvalue weighted by atomic mass is 16.6. The van der Waals surface area contributed by atoms with Crippen LogP contribution in [-0.4, -0.2) is 60.1 Å². The molecule has 1 aliphatic rings. The summed E-state index contributed by atoms with van der Waals surface area (Å²) < 4.78 is 9.86.